The van der Waals surface area contributed by atoms with Gasteiger partial charge in [-0.25, -0.2) is 4.79 Å². The number of carbonyl (C=O) groups is 2. The molecule has 5 heteroatoms. The smallest absolute Gasteiger partial charge is 0.337 e. The molecule has 0 spiro atoms. The van der Waals surface area contributed by atoms with E-state index < -0.39 is 5.97 Å². The average Bonchev–Trinajstić information content (AvgIpc) is 2.65. The minimum Gasteiger partial charge on any atom is -0.484 e. The van der Waals surface area contributed by atoms with Crippen LogP contribution < -0.4 is 4.74 Å². The third-order valence-electron chi connectivity index (χ3n) is 4.12. The van der Waals surface area contributed by atoms with Crippen molar-refractivity contribution in [3.63, 3.8) is 0 Å². The number of fused-ring (bicyclic) bond motifs is 1. The third-order valence-corrected chi connectivity index (χ3v) is 4.12. The Bertz CT molecular complexity index is 739. The topological polar surface area (TPSA) is 55.8 Å². The molecule has 0 aromatic heterocycles. The van der Waals surface area contributed by atoms with Crippen LogP contribution in [0.3, 0.4) is 0 Å². The first-order chi connectivity index (χ1) is 11.7. The van der Waals surface area contributed by atoms with E-state index in [0.717, 1.165) is 6.42 Å². The maximum atomic E-state index is 12.3. The number of methoxy groups -OCH3 is 1. The summed E-state index contributed by atoms with van der Waals surface area (Å²) in [5, 5.41) is 0. The predicted octanol–water partition coefficient (Wildman–Crippen LogP) is 2.44. The van der Waals surface area contributed by atoms with Gasteiger partial charge in [0.1, 0.15) is 5.75 Å². The largest absolute Gasteiger partial charge is 0.484 e. The molecule has 0 unspecified atom stereocenters. The van der Waals surface area contributed by atoms with Crippen molar-refractivity contribution in [2.75, 3.05) is 20.3 Å². The van der Waals surface area contributed by atoms with Crippen molar-refractivity contribution in [3.05, 3.63) is 65.2 Å². The van der Waals surface area contributed by atoms with Gasteiger partial charge in [0, 0.05) is 13.1 Å². The number of hydrogen-bond donors (Lipinski definition) is 0. The second-order valence-electron chi connectivity index (χ2n) is 5.64. The van der Waals surface area contributed by atoms with Gasteiger partial charge in [0.25, 0.3) is 5.91 Å². The molecule has 0 saturated heterocycles. The van der Waals surface area contributed by atoms with Crippen molar-refractivity contribution in [2.24, 2.45) is 0 Å². The average molecular weight is 325 g/mol. The Hall–Kier alpha value is -2.82. The van der Waals surface area contributed by atoms with Crippen LogP contribution in [0.15, 0.2) is 48.5 Å². The van der Waals surface area contributed by atoms with Gasteiger partial charge in [-0.1, -0.05) is 24.3 Å². The molecular weight excluding hydrogens is 306 g/mol. The molecule has 0 saturated carbocycles. The summed E-state index contributed by atoms with van der Waals surface area (Å²) in [6.45, 7) is 1.32. The highest BCUT2D eigenvalue weighted by molar-refractivity contribution is 5.89. The maximum Gasteiger partial charge on any atom is 0.337 e. The number of amides is 1. The number of esters is 1. The zero-order valence-electron chi connectivity index (χ0n) is 13.5. The lowest BCUT2D eigenvalue weighted by Crippen LogP contribution is -2.38. The highest BCUT2D eigenvalue weighted by Gasteiger charge is 2.20. The van der Waals surface area contributed by atoms with Crippen molar-refractivity contribution >= 4 is 11.9 Å². The molecule has 0 atom stereocenters. The van der Waals surface area contributed by atoms with Crippen LogP contribution in [-0.2, 0) is 22.5 Å². The van der Waals surface area contributed by atoms with Gasteiger partial charge in [-0.05, 0) is 41.8 Å². The van der Waals surface area contributed by atoms with Gasteiger partial charge in [0.05, 0.1) is 12.7 Å². The SMILES string of the molecule is COC(=O)c1ccc(OCC(=O)N2CCc3ccccc3C2)cc1. The molecule has 1 amide bonds. The minimum atomic E-state index is -0.399. The van der Waals surface area contributed by atoms with Gasteiger partial charge in [0.15, 0.2) is 6.61 Å². The summed E-state index contributed by atoms with van der Waals surface area (Å²) in [5.74, 6) is 0.111. The zero-order chi connectivity index (χ0) is 16.9. The molecule has 0 N–H and O–H groups in total. The maximum absolute atomic E-state index is 12.3. The molecule has 0 aliphatic carbocycles. The van der Waals surface area contributed by atoms with E-state index in [4.69, 9.17) is 4.74 Å². The van der Waals surface area contributed by atoms with Crippen molar-refractivity contribution in [3.8, 4) is 5.75 Å². The van der Waals surface area contributed by atoms with Crippen molar-refractivity contribution in [2.45, 2.75) is 13.0 Å². The van der Waals surface area contributed by atoms with Crippen LogP contribution in [0.1, 0.15) is 21.5 Å². The first-order valence-electron chi connectivity index (χ1n) is 7.83. The second kappa shape index (κ2) is 7.17. The molecule has 0 bridgehead atoms. The van der Waals surface area contributed by atoms with Crippen molar-refractivity contribution < 1.29 is 19.1 Å². The van der Waals surface area contributed by atoms with Crippen LogP contribution in [0, 0.1) is 0 Å². The van der Waals surface area contributed by atoms with E-state index in [9.17, 15) is 9.59 Å². The molecule has 2 aromatic carbocycles. The van der Waals surface area contributed by atoms with Crippen LogP contribution in [0.5, 0.6) is 5.75 Å². The summed E-state index contributed by atoms with van der Waals surface area (Å²) < 4.78 is 10.2. The van der Waals surface area contributed by atoms with E-state index in [-0.39, 0.29) is 12.5 Å². The van der Waals surface area contributed by atoms with Gasteiger partial charge in [-0.3, -0.25) is 4.79 Å². The number of hydrogen-bond acceptors (Lipinski definition) is 4. The van der Waals surface area contributed by atoms with Crippen LogP contribution in [0.4, 0.5) is 0 Å². The fraction of sp³-hybridized carbons (Fsp3) is 0.263. The first kappa shape index (κ1) is 16.1. The lowest BCUT2D eigenvalue weighted by atomic mass is 10.00. The highest BCUT2D eigenvalue weighted by Crippen LogP contribution is 2.19. The Morgan fingerprint density at radius 2 is 1.75 bits per heavy atom. The van der Waals surface area contributed by atoms with E-state index in [2.05, 4.69) is 16.9 Å². The van der Waals surface area contributed by atoms with E-state index >= 15 is 0 Å². The van der Waals surface area contributed by atoms with Gasteiger partial charge < -0.3 is 14.4 Å². The quantitative estimate of drug-likeness (QED) is 0.810. The standard InChI is InChI=1S/C19H19NO4/c1-23-19(22)15-6-8-17(9-7-15)24-13-18(21)20-11-10-14-4-2-3-5-16(14)12-20/h2-9H,10-13H2,1H3. The number of rotatable bonds is 4. The fourth-order valence-corrected chi connectivity index (χ4v) is 2.75. The number of nitrogens with zero attached hydrogens (tertiary/aromatic N) is 1. The van der Waals surface area contributed by atoms with E-state index in [1.54, 1.807) is 24.3 Å². The highest BCUT2D eigenvalue weighted by atomic mass is 16.5. The summed E-state index contributed by atoms with van der Waals surface area (Å²) in [4.78, 5) is 25.5. The molecule has 3 rings (SSSR count). The van der Waals surface area contributed by atoms with E-state index in [1.165, 1.54) is 18.2 Å². The lowest BCUT2D eigenvalue weighted by Gasteiger charge is -2.28. The van der Waals surface area contributed by atoms with Crippen molar-refractivity contribution in [1.29, 1.82) is 0 Å². The monoisotopic (exact) mass is 325 g/mol. The lowest BCUT2D eigenvalue weighted by molar-refractivity contribution is -0.134. The van der Waals surface area contributed by atoms with Crippen LogP contribution in [0.2, 0.25) is 0 Å². The summed E-state index contributed by atoms with van der Waals surface area (Å²) >= 11 is 0. The number of benzene rings is 2. The van der Waals surface area contributed by atoms with Crippen LogP contribution in [0.25, 0.3) is 0 Å². The second-order valence-corrected chi connectivity index (χ2v) is 5.64. The summed E-state index contributed by atoms with van der Waals surface area (Å²) in [7, 11) is 1.34. The molecule has 1 heterocycles. The third kappa shape index (κ3) is 3.56. The normalized spacial score (nSPS) is 13.1. The molecule has 24 heavy (non-hydrogen) atoms. The Balaban J connectivity index is 1.55. The Labute approximate surface area is 140 Å². The molecule has 1 aliphatic heterocycles. The first-order valence-corrected chi connectivity index (χ1v) is 7.83. The molecule has 124 valence electrons. The Morgan fingerprint density at radius 3 is 2.46 bits per heavy atom. The Kier molecular flexibility index (Phi) is 4.79. The minimum absolute atomic E-state index is 0.0141. The summed E-state index contributed by atoms with van der Waals surface area (Å²) in [6, 6.07) is 14.7. The predicted molar refractivity (Wildman–Crippen MR) is 88.8 cm³/mol. The summed E-state index contributed by atoms with van der Waals surface area (Å²) in [6.07, 6.45) is 0.871. The van der Waals surface area contributed by atoms with Gasteiger partial charge in [0.2, 0.25) is 0 Å². The van der Waals surface area contributed by atoms with E-state index in [0.29, 0.717) is 24.4 Å². The number of ether oxygens (including phenoxy) is 2. The number of carbonyl (C=O) groups excluding carboxylic acids is 2. The molecule has 0 radical (unpaired) electrons. The molecular formula is C19H19NO4. The Morgan fingerprint density at radius 1 is 1.04 bits per heavy atom. The molecule has 1 aliphatic rings. The fourth-order valence-electron chi connectivity index (χ4n) is 2.75. The van der Waals surface area contributed by atoms with Gasteiger partial charge in [-0.2, -0.15) is 0 Å². The van der Waals surface area contributed by atoms with Crippen LogP contribution >= 0.6 is 0 Å². The molecule has 2 aromatic rings. The summed E-state index contributed by atoms with van der Waals surface area (Å²) in [5.41, 5.74) is 2.95. The zero-order valence-corrected chi connectivity index (χ0v) is 13.5. The van der Waals surface area contributed by atoms with Gasteiger partial charge >= 0.3 is 5.97 Å². The van der Waals surface area contributed by atoms with Gasteiger partial charge in [-0.15, -0.1) is 0 Å². The van der Waals surface area contributed by atoms with Crippen molar-refractivity contribution in [1.82, 2.24) is 4.90 Å². The molecule has 0 fully saturated rings. The molecule has 5 nitrogen and oxygen atoms in total. The van der Waals surface area contributed by atoms with E-state index in [1.807, 2.05) is 17.0 Å². The van der Waals surface area contributed by atoms with Crippen LogP contribution in [-0.4, -0.2) is 37.0 Å².